The van der Waals surface area contributed by atoms with Gasteiger partial charge in [-0.2, -0.15) is 0 Å². The summed E-state index contributed by atoms with van der Waals surface area (Å²) in [6, 6.07) is 6.07. The van der Waals surface area contributed by atoms with Crippen molar-refractivity contribution in [1.29, 1.82) is 0 Å². The number of nitrogens with zero attached hydrogens (tertiary/aromatic N) is 1. The van der Waals surface area contributed by atoms with Crippen molar-refractivity contribution in [3.8, 4) is 0 Å². The van der Waals surface area contributed by atoms with Gasteiger partial charge in [0.25, 0.3) is 0 Å². The number of hydrogen-bond donors (Lipinski definition) is 2. The van der Waals surface area contributed by atoms with E-state index in [0.29, 0.717) is 0 Å². The van der Waals surface area contributed by atoms with E-state index in [9.17, 15) is 4.79 Å². The Bertz CT molecular complexity index is 484. The second-order valence-corrected chi connectivity index (χ2v) is 4.98. The molecule has 2 N–H and O–H groups in total. The van der Waals surface area contributed by atoms with E-state index in [1.807, 2.05) is 19.2 Å². The lowest BCUT2D eigenvalue weighted by molar-refractivity contribution is -0.123. The number of benzene rings is 1. The predicted molar refractivity (Wildman–Crippen MR) is 74.5 cm³/mol. The average molecular weight is 261 g/mol. The van der Waals surface area contributed by atoms with Gasteiger partial charge in [0, 0.05) is 31.5 Å². The van der Waals surface area contributed by atoms with E-state index in [0.717, 1.165) is 44.1 Å². The number of carbonyl (C=O) groups is 1. The standard InChI is InChI=1S/C14H19N3O2/c1-15-11-3-2-10-8-13(14(18)16-12(10)9-11)17-4-6-19-7-5-17/h2-3,9,13,15H,4-8H2,1H3,(H,16,18)/t13-/m0/s1. The van der Waals surface area contributed by atoms with E-state index in [2.05, 4.69) is 21.6 Å². The molecule has 2 heterocycles. The quantitative estimate of drug-likeness (QED) is 0.831. The Morgan fingerprint density at radius 2 is 2.16 bits per heavy atom. The lowest BCUT2D eigenvalue weighted by Crippen LogP contribution is -2.52. The minimum atomic E-state index is -0.0585. The third-order valence-corrected chi connectivity index (χ3v) is 3.86. The Balaban J connectivity index is 1.81. The zero-order chi connectivity index (χ0) is 13.2. The number of morpholine rings is 1. The molecule has 1 aromatic carbocycles. The highest BCUT2D eigenvalue weighted by molar-refractivity contribution is 5.98. The van der Waals surface area contributed by atoms with Gasteiger partial charge in [-0.3, -0.25) is 9.69 Å². The Morgan fingerprint density at radius 3 is 2.89 bits per heavy atom. The Labute approximate surface area is 112 Å². The third-order valence-electron chi connectivity index (χ3n) is 3.86. The molecule has 0 saturated carbocycles. The summed E-state index contributed by atoms with van der Waals surface area (Å²) in [6.45, 7) is 3.11. The lowest BCUT2D eigenvalue weighted by atomic mass is 9.97. The molecule has 19 heavy (non-hydrogen) atoms. The number of ether oxygens (including phenoxy) is 1. The maximum atomic E-state index is 12.2. The van der Waals surface area contributed by atoms with E-state index in [1.54, 1.807) is 0 Å². The van der Waals surface area contributed by atoms with Gasteiger partial charge in [-0.05, 0) is 24.1 Å². The van der Waals surface area contributed by atoms with Crippen molar-refractivity contribution in [2.24, 2.45) is 0 Å². The Hall–Kier alpha value is -1.59. The van der Waals surface area contributed by atoms with Crippen molar-refractivity contribution in [3.05, 3.63) is 23.8 Å². The van der Waals surface area contributed by atoms with Gasteiger partial charge in [0.2, 0.25) is 5.91 Å². The number of rotatable bonds is 2. The van der Waals surface area contributed by atoms with Crippen LogP contribution in [0.1, 0.15) is 5.56 Å². The van der Waals surface area contributed by atoms with Crippen LogP contribution in [-0.2, 0) is 16.0 Å². The third kappa shape index (κ3) is 2.43. The molecule has 2 aliphatic rings. The minimum absolute atomic E-state index is 0.0585. The molecule has 2 aliphatic heterocycles. The maximum absolute atomic E-state index is 12.2. The molecule has 0 aromatic heterocycles. The van der Waals surface area contributed by atoms with E-state index in [1.165, 1.54) is 5.56 Å². The molecule has 1 amide bonds. The van der Waals surface area contributed by atoms with E-state index >= 15 is 0 Å². The zero-order valence-electron chi connectivity index (χ0n) is 11.1. The van der Waals surface area contributed by atoms with Crippen LogP contribution in [0.5, 0.6) is 0 Å². The van der Waals surface area contributed by atoms with Crippen molar-refractivity contribution < 1.29 is 9.53 Å². The molecule has 0 radical (unpaired) electrons. The van der Waals surface area contributed by atoms with Crippen molar-refractivity contribution in [2.45, 2.75) is 12.5 Å². The minimum Gasteiger partial charge on any atom is -0.388 e. The van der Waals surface area contributed by atoms with Crippen molar-refractivity contribution in [1.82, 2.24) is 4.90 Å². The lowest BCUT2D eigenvalue weighted by Gasteiger charge is -2.36. The molecule has 0 unspecified atom stereocenters. The van der Waals surface area contributed by atoms with E-state index in [-0.39, 0.29) is 11.9 Å². The molecule has 102 valence electrons. The molecule has 1 atom stereocenters. The first-order valence-electron chi connectivity index (χ1n) is 6.71. The highest BCUT2D eigenvalue weighted by Crippen LogP contribution is 2.28. The number of amides is 1. The second kappa shape index (κ2) is 5.19. The normalized spacial score (nSPS) is 23.6. The van der Waals surface area contributed by atoms with Crippen LogP contribution in [-0.4, -0.2) is 50.2 Å². The number of fused-ring (bicyclic) bond motifs is 1. The molecule has 0 aliphatic carbocycles. The molecule has 1 fully saturated rings. The summed E-state index contributed by atoms with van der Waals surface area (Å²) in [5.74, 6) is 0.0997. The zero-order valence-corrected chi connectivity index (χ0v) is 11.1. The van der Waals surface area contributed by atoms with Gasteiger partial charge in [-0.1, -0.05) is 6.07 Å². The van der Waals surface area contributed by atoms with Crippen LogP contribution in [0.3, 0.4) is 0 Å². The number of nitrogens with one attached hydrogen (secondary N) is 2. The first-order chi connectivity index (χ1) is 9.28. The molecule has 5 nitrogen and oxygen atoms in total. The number of carbonyl (C=O) groups excluding carboxylic acids is 1. The fraction of sp³-hybridized carbons (Fsp3) is 0.500. The van der Waals surface area contributed by atoms with Gasteiger partial charge >= 0.3 is 0 Å². The fourth-order valence-electron chi connectivity index (χ4n) is 2.73. The van der Waals surface area contributed by atoms with Crippen molar-refractivity contribution >= 4 is 17.3 Å². The summed E-state index contributed by atoms with van der Waals surface area (Å²) in [5.41, 5.74) is 3.15. The smallest absolute Gasteiger partial charge is 0.242 e. The summed E-state index contributed by atoms with van der Waals surface area (Å²) in [5, 5.41) is 6.11. The molecule has 3 rings (SSSR count). The molecule has 1 aromatic rings. The predicted octanol–water partition coefficient (Wildman–Crippen LogP) is 0.924. The van der Waals surface area contributed by atoms with Crippen LogP contribution in [0.25, 0.3) is 0 Å². The summed E-state index contributed by atoms with van der Waals surface area (Å²) in [6.07, 6.45) is 0.783. The van der Waals surface area contributed by atoms with Gasteiger partial charge in [-0.25, -0.2) is 0 Å². The SMILES string of the molecule is CNc1ccc2c(c1)NC(=O)[C@@H](N1CCOCC1)C2. The van der Waals surface area contributed by atoms with Crippen LogP contribution in [0.15, 0.2) is 18.2 Å². The fourth-order valence-corrected chi connectivity index (χ4v) is 2.73. The summed E-state index contributed by atoms with van der Waals surface area (Å²) in [7, 11) is 1.88. The topological polar surface area (TPSA) is 53.6 Å². The number of anilines is 2. The molecule has 0 bridgehead atoms. The van der Waals surface area contributed by atoms with Gasteiger partial charge in [0.15, 0.2) is 0 Å². The Morgan fingerprint density at radius 1 is 1.37 bits per heavy atom. The van der Waals surface area contributed by atoms with Crippen molar-refractivity contribution in [3.63, 3.8) is 0 Å². The molecule has 5 heteroatoms. The molecule has 0 spiro atoms. The van der Waals surface area contributed by atoms with Gasteiger partial charge in [0.1, 0.15) is 0 Å². The molecule has 1 saturated heterocycles. The highest BCUT2D eigenvalue weighted by Gasteiger charge is 2.32. The second-order valence-electron chi connectivity index (χ2n) is 4.98. The van der Waals surface area contributed by atoms with Gasteiger partial charge < -0.3 is 15.4 Å². The molecular formula is C14H19N3O2. The first-order valence-corrected chi connectivity index (χ1v) is 6.71. The highest BCUT2D eigenvalue weighted by atomic mass is 16.5. The monoisotopic (exact) mass is 261 g/mol. The first kappa shape index (κ1) is 12.4. The van der Waals surface area contributed by atoms with Gasteiger partial charge in [0.05, 0.1) is 19.3 Å². The van der Waals surface area contributed by atoms with Crippen LogP contribution >= 0.6 is 0 Å². The average Bonchev–Trinajstić information content (AvgIpc) is 2.47. The van der Waals surface area contributed by atoms with Crippen LogP contribution in [0.2, 0.25) is 0 Å². The van der Waals surface area contributed by atoms with Crippen molar-refractivity contribution in [2.75, 3.05) is 44.0 Å². The Kier molecular flexibility index (Phi) is 3.40. The summed E-state index contributed by atoms with van der Waals surface area (Å²) in [4.78, 5) is 14.5. The van der Waals surface area contributed by atoms with Crippen LogP contribution < -0.4 is 10.6 Å². The summed E-state index contributed by atoms with van der Waals surface area (Å²) < 4.78 is 5.34. The van der Waals surface area contributed by atoms with Crippen LogP contribution in [0, 0.1) is 0 Å². The summed E-state index contributed by atoms with van der Waals surface area (Å²) >= 11 is 0. The van der Waals surface area contributed by atoms with Crippen LogP contribution in [0.4, 0.5) is 11.4 Å². The van der Waals surface area contributed by atoms with E-state index in [4.69, 9.17) is 4.74 Å². The largest absolute Gasteiger partial charge is 0.388 e. The van der Waals surface area contributed by atoms with E-state index < -0.39 is 0 Å². The number of hydrogen-bond acceptors (Lipinski definition) is 4. The maximum Gasteiger partial charge on any atom is 0.242 e. The molecular weight excluding hydrogens is 242 g/mol. The van der Waals surface area contributed by atoms with Gasteiger partial charge in [-0.15, -0.1) is 0 Å².